The summed E-state index contributed by atoms with van der Waals surface area (Å²) in [4.78, 5) is 0. The highest BCUT2D eigenvalue weighted by molar-refractivity contribution is 9.10. The summed E-state index contributed by atoms with van der Waals surface area (Å²) >= 11 is 3.40. The van der Waals surface area contributed by atoms with Crippen LogP contribution in [0.1, 0.15) is 11.1 Å². The van der Waals surface area contributed by atoms with E-state index < -0.39 is 0 Å². The van der Waals surface area contributed by atoms with Gasteiger partial charge in [0.05, 0.1) is 6.61 Å². The molecule has 0 aliphatic rings. The van der Waals surface area contributed by atoms with E-state index in [0.29, 0.717) is 6.61 Å². The van der Waals surface area contributed by atoms with E-state index in [1.807, 2.05) is 24.3 Å². The SMILES string of the molecule is Cc1ccccc1CCOc1ccc(Br)cc1. The summed E-state index contributed by atoms with van der Waals surface area (Å²) < 4.78 is 6.77. The Morgan fingerprint density at radius 1 is 1.00 bits per heavy atom. The molecule has 0 fully saturated rings. The minimum absolute atomic E-state index is 0.715. The van der Waals surface area contributed by atoms with Crippen molar-refractivity contribution in [1.82, 2.24) is 0 Å². The van der Waals surface area contributed by atoms with Gasteiger partial charge < -0.3 is 4.74 Å². The molecule has 0 bridgehead atoms. The van der Waals surface area contributed by atoms with Crippen molar-refractivity contribution in [2.75, 3.05) is 6.61 Å². The van der Waals surface area contributed by atoms with E-state index >= 15 is 0 Å². The lowest BCUT2D eigenvalue weighted by molar-refractivity contribution is 0.321. The maximum Gasteiger partial charge on any atom is 0.119 e. The zero-order valence-corrected chi connectivity index (χ0v) is 11.4. The van der Waals surface area contributed by atoms with Gasteiger partial charge in [-0.15, -0.1) is 0 Å². The van der Waals surface area contributed by atoms with E-state index in [2.05, 4.69) is 47.1 Å². The van der Waals surface area contributed by atoms with E-state index in [1.165, 1.54) is 11.1 Å². The summed E-state index contributed by atoms with van der Waals surface area (Å²) in [6.07, 6.45) is 0.947. The molecule has 0 aliphatic heterocycles. The highest BCUT2D eigenvalue weighted by Crippen LogP contribution is 2.16. The third kappa shape index (κ3) is 3.60. The van der Waals surface area contributed by atoms with E-state index in [0.717, 1.165) is 16.6 Å². The topological polar surface area (TPSA) is 9.23 Å². The Hall–Kier alpha value is -1.28. The van der Waals surface area contributed by atoms with Crippen LogP contribution in [0.3, 0.4) is 0 Å². The van der Waals surface area contributed by atoms with Crippen molar-refractivity contribution >= 4 is 15.9 Å². The first-order chi connectivity index (χ1) is 8.25. The van der Waals surface area contributed by atoms with Crippen molar-refractivity contribution in [3.05, 3.63) is 64.1 Å². The molecule has 2 aromatic carbocycles. The van der Waals surface area contributed by atoms with Crippen molar-refractivity contribution < 1.29 is 4.74 Å². The number of ether oxygens (including phenoxy) is 1. The van der Waals surface area contributed by atoms with E-state index in [-0.39, 0.29) is 0 Å². The van der Waals surface area contributed by atoms with Crippen LogP contribution in [0.5, 0.6) is 5.75 Å². The van der Waals surface area contributed by atoms with Crippen LogP contribution >= 0.6 is 15.9 Å². The lowest BCUT2D eigenvalue weighted by atomic mass is 10.1. The monoisotopic (exact) mass is 290 g/mol. The van der Waals surface area contributed by atoms with Crippen LogP contribution in [0.2, 0.25) is 0 Å². The third-order valence-electron chi connectivity index (χ3n) is 2.72. The average Bonchev–Trinajstić information content (AvgIpc) is 2.34. The molecule has 0 unspecified atom stereocenters. The first-order valence-electron chi connectivity index (χ1n) is 5.68. The van der Waals surface area contributed by atoms with Gasteiger partial charge >= 0.3 is 0 Å². The van der Waals surface area contributed by atoms with Gasteiger partial charge in [-0.2, -0.15) is 0 Å². The van der Waals surface area contributed by atoms with Gasteiger partial charge in [0.15, 0.2) is 0 Å². The summed E-state index contributed by atoms with van der Waals surface area (Å²) in [5, 5.41) is 0. The Labute approximate surface area is 111 Å². The highest BCUT2D eigenvalue weighted by Gasteiger charge is 1.98. The normalized spacial score (nSPS) is 10.2. The third-order valence-corrected chi connectivity index (χ3v) is 3.24. The summed E-state index contributed by atoms with van der Waals surface area (Å²) in [6.45, 7) is 2.85. The second-order valence-electron chi connectivity index (χ2n) is 3.98. The summed E-state index contributed by atoms with van der Waals surface area (Å²) in [5.74, 6) is 0.918. The molecule has 17 heavy (non-hydrogen) atoms. The van der Waals surface area contributed by atoms with Crippen molar-refractivity contribution in [3.63, 3.8) is 0 Å². The number of hydrogen-bond donors (Lipinski definition) is 0. The lowest BCUT2D eigenvalue weighted by Crippen LogP contribution is -2.02. The zero-order valence-electron chi connectivity index (χ0n) is 9.82. The van der Waals surface area contributed by atoms with Crippen molar-refractivity contribution in [3.8, 4) is 5.75 Å². The number of benzene rings is 2. The van der Waals surface area contributed by atoms with Crippen molar-refractivity contribution in [1.29, 1.82) is 0 Å². The molecular weight excluding hydrogens is 276 g/mol. The second kappa shape index (κ2) is 5.87. The van der Waals surface area contributed by atoms with Crippen LogP contribution in [-0.4, -0.2) is 6.61 Å². The van der Waals surface area contributed by atoms with Gasteiger partial charge in [-0.05, 0) is 42.3 Å². The van der Waals surface area contributed by atoms with Gasteiger partial charge in [-0.25, -0.2) is 0 Å². The van der Waals surface area contributed by atoms with Crippen LogP contribution in [0.25, 0.3) is 0 Å². The zero-order chi connectivity index (χ0) is 12.1. The number of halogens is 1. The Morgan fingerprint density at radius 3 is 2.41 bits per heavy atom. The van der Waals surface area contributed by atoms with Crippen molar-refractivity contribution in [2.24, 2.45) is 0 Å². The fraction of sp³-hybridized carbons (Fsp3) is 0.200. The average molecular weight is 291 g/mol. The van der Waals surface area contributed by atoms with Crippen LogP contribution in [0.15, 0.2) is 53.0 Å². The maximum atomic E-state index is 5.70. The smallest absolute Gasteiger partial charge is 0.119 e. The number of aryl methyl sites for hydroxylation is 1. The molecule has 0 aromatic heterocycles. The highest BCUT2D eigenvalue weighted by atomic mass is 79.9. The minimum Gasteiger partial charge on any atom is -0.493 e. The van der Waals surface area contributed by atoms with Gasteiger partial charge in [0, 0.05) is 10.9 Å². The van der Waals surface area contributed by atoms with E-state index in [1.54, 1.807) is 0 Å². The van der Waals surface area contributed by atoms with Gasteiger partial charge in [0.1, 0.15) is 5.75 Å². The Kier molecular flexibility index (Phi) is 4.21. The first kappa shape index (κ1) is 12.2. The molecule has 0 saturated heterocycles. The lowest BCUT2D eigenvalue weighted by Gasteiger charge is -2.08. The summed E-state index contributed by atoms with van der Waals surface area (Å²) in [7, 11) is 0. The standard InChI is InChI=1S/C15H15BrO/c1-12-4-2-3-5-13(12)10-11-17-15-8-6-14(16)7-9-15/h2-9H,10-11H2,1H3. The number of rotatable bonds is 4. The fourth-order valence-corrected chi connectivity index (χ4v) is 1.96. The molecule has 1 nitrogen and oxygen atoms in total. The largest absolute Gasteiger partial charge is 0.493 e. The molecular formula is C15H15BrO. The maximum absolute atomic E-state index is 5.70. The Bertz CT molecular complexity index is 477. The molecule has 2 rings (SSSR count). The second-order valence-corrected chi connectivity index (χ2v) is 4.89. The van der Waals surface area contributed by atoms with Gasteiger partial charge in [-0.3, -0.25) is 0 Å². The van der Waals surface area contributed by atoms with Crippen LogP contribution < -0.4 is 4.74 Å². The molecule has 2 heteroatoms. The van der Waals surface area contributed by atoms with Crippen LogP contribution in [0, 0.1) is 6.92 Å². The molecule has 0 amide bonds. The van der Waals surface area contributed by atoms with Crippen LogP contribution in [-0.2, 0) is 6.42 Å². The molecule has 0 N–H and O–H groups in total. The molecule has 0 spiro atoms. The molecule has 0 heterocycles. The first-order valence-corrected chi connectivity index (χ1v) is 6.48. The quantitative estimate of drug-likeness (QED) is 0.812. The number of hydrogen-bond acceptors (Lipinski definition) is 1. The Balaban J connectivity index is 1.88. The fourth-order valence-electron chi connectivity index (χ4n) is 1.70. The molecule has 0 atom stereocenters. The van der Waals surface area contributed by atoms with Crippen LogP contribution in [0.4, 0.5) is 0 Å². The van der Waals surface area contributed by atoms with E-state index in [4.69, 9.17) is 4.74 Å². The van der Waals surface area contributed by atoms with E-state index in [9.17, 15) is 0 Å². The molecule has 88 valence electrons. The van der Waals surface area contributed by atoms with Gasteiger partial charge in [-0.1, -0.05) is 40.2 Å². The van der Waals surface area contributed by atoms with Gasteiger partial charge in [0.2, 0.25) is 0 Å². The summed E-state index contributed by atoms with van der Waals surface area (Å²) in [6, 6.07) is 16.3. The minimum atomic E-state index is 0.715. The Morgan fingerprint density at radius 2 is 1.71 bits per heavy atom. The van der Waals surface area contributed by atoms with Crippen molar-refractivity contribution in [2.45, 2.75) is 13.3 Å². The molecule has 0 radical (unpaired) electrons. The summed E-state index contributed by atoms with van der Waals surface area (Å²) in [5.41, 5.74) is 2.68. The predicted molar refractivity (Wildman–Crippen MR) is 74.5 cm³/mol. The molecule has 0 saturated carbocycles. The molecule has 2 aromatic rings. The predicted octanol–water partition coefficient (Wildman–Crippen LogP) is 4.38. The van der Waals surface area contributed by atoms with Gasteiger partial charge in [0.25, 0.3) is 0 Å². The molecule has 0 aliphatic carbocycles.